The van der Waals surface area contributed by atoms with Crippen LogP contribution in [-0.2, 0) is 4.46 Å². The molecule has 0 aromatic carbocycles. The predicted octanol–water partition coefficient (Wildman–Crippen LogP) is -3.28. The highest BCUT2D eigenvalue weighted by Crippen LogP contribution is 1.85. The van der Waals surface area contributed by atoms with E-state index >= 15 is 0 Å². The molecule has 3 N–H and O–H groups in total. The molecule has 0 fully saturated rings. The Morgan fingerprint density at radius 3 is 2.75 bits per heavy atom. The van der Waals surface area contributed by atoms with Crippen molar-refractivity contribution in [2.75, 3.05) is 6.54 Å². The number of hydrogen-bond acceptors (Lipinski definition) is 3. The molecule has 0 rings (SSSR count). The zero-order valence-electron chi connectivity index (χ0n) is 8.26. The fourth-order valence-electron chi connectivity index (χ4n) is 0.984. The van der Waals surface area contributed by atoms with Crippen molar-refractivity contribution in [2.45, 2.75) is 24.3 Å². The summed E-state index contributed by atoms with van der Waals surface area (Å²) in [6.45, 7) is 3.12. The van der Waals surface area contributed by atoms with E-state index in [0.29, 0.717) is 5.29 Å². The van der Waals surface area contributed by atoms with E-state index in [1.165, 1.54) is 0 Å². The van der Waals surface area contributed by atoms with E-state index < -0.39 is 16.7 Å². The molecule has 0 aliphatic rings. The van der Waals surface area contributed by atoms with E-state index in [-0.39, 0.29) is 0 Å². The number of rotatable bonds is 6. The lowest BCUT2D eigenvalue weighted by Crippen LogP contribution is -2.51. The molecule has 0 heterocycles. The molecule has 72 valence electrons. The normalized spacial score (nSPS) is 16.2. The molecule has 0 aromatic heterocycles. The quantitative estimate of drug-likeness (QED) is 0.476. The molecule has 0 spiro atoms. The van der Waals surface area contributed by atoms with Gasteiger partial charge in [0.05, 0.1) is 0 Å². The molecule has 0 aliphatic heterocycles. The maximum Gasteiger partial charge on any atom is 0.283 e. The maximum absolute atomic E-state index is 11.7. The average molecular weight is 237 g/mol. The van der Waals surface area contributed by atoms with Crippen LogP contribution in [0.2, 0.25) is 5.67 Å². The first-order valence-electron chi connectivity index (χ1n) is 4.66. The Kier molecular flexibility index (Phi) is 7.38. The summed E-state index contributed by atoms with van der Waals surface area (Å²) < 4.78 is 11.7. The van der Waals surface area contributed by atoms with Gasteiger partial charge >= 0.3 is 0 Å². The molecule has 0 aromatic rings. The van der Waals surface area contributed by atoms with Gasteiger partial charge < -0.3 is 15.2 Å². The van der Waals surface area contributed by atoms with E-state index in [2.05, 4.69) is 12.2 Å². The monoisotopic (exact) mass is 236 g/mol. The van der Waals surface area contributed by atoms with Crippen LogP contribution in [0.4, 0.5) is 0 Å². The van der Waals surface area contributed by atoms with Gasteiger partial charge in [0.25, 0.3) is 8.20 Å². The van der Waals surface area contributed by atoms with Crippen molar-refractivity contribution >= 4 is 37.2 Å². The van der Waals surface area contributed by atoms with Crippen LogP contribution in [-0.4, -0.2) is 49.0 Å². The zero-order chi connectivity index (χ0) is 9.56. The standard InChI is InChI=1S/C5H20N2OSi4/c1-2-3-7-5(10)12(8)11(6)4-9/h5,7,11H,2-4,6H2,1,9-10H3. The molecular formula is C5H20N2OSi4. The van der Waals surface area contributed by atoms with Gasteiger partial charge in [-0.3, -0.25) is 0 Å². The molecule has 7 heteroatoms. The minimum absolute atomic E-state index is 0.311. The van der Waals surface area contributed by atoms with Crippen molar-refractivity contribution in [3.8, 4) is 0 Å². The third kappa shape index (κ3) is 4.57. The third-order valence-electron chi connectivity index (χ3n) is 1.93. The minimum Gasteiger partial charge on any atom is -0.390 e. The van der Waals surface area contributed by atoms with Crippen molar-refractivity contribution in [1.29, 1.82) is 0 Å². The maximum atomic E-state index is 11.7. The molecule has 2 atom stereocenters. The molecule has 0 bridgehead atoms. The Labute approximate surface area is 83.5 Å². The Hall–Kier alpha value is 0.588. The molecule has 12 heavy (non-hydrogen) atoms. The molecule has 0 amide bonds. The fraction of sp³-hybridized carbons (Fsp3) is 1.00. The molecule has 0 saturated heterocycles. The van der Waals surface area contributed by atoms with Gasteiger partial charge in [-0.15, -0.1) is 0 Å². The first kappa shape index (κ1) is 12.6. The van der Waals surface area contributed by atoms with Gasteiger partial charge in [0.15, 0.2) is 8.48 Å². The summed E-state index contributed by atoms with van der Waals surface area (Å²) in [4.78, 5) is 0. The molecule has 3 nitrogen and oxygen atoms in total. The van der Waals surface area contributed by atoms with Gasteiger partial charge in [0.1, 0.15) is 0 Å². The Bertz CT molecular complexity index is 145. The van der Waals surface area contributed by atoms with E-state index in [1.807, 2.05) is 0 Å². The summed E-state index contributed by atoms with van der Waals surface area (Å²) in [6.07, 6.45) is 1.12. The van der Waals surface area contributed by atoms with Crippen LogP contribution >= 0.6 is 0 Å². The number of nitrogens with one attached hydrogen (secondary N) is 1. The summed E-state index contributed by atoms with van der Waals surface area (Å²) in [5.41, 5.74) is 1.10. The Balaban J connectivity index is 3.75. The summed E-state index contributed by atoms with van der Waals surface area (Å²) >= 11 is 0. The van der Waals surface area contributed by atoms with Crippen molar-refractivity contribution in [3.05, 3.63) is 0 Å². The summed E-state index contributed by atoms with van der Waals surface area (Å²) in [6, 6.07) is 0. The van der Waals surface area contributed by atoms with Gasteiger partial charge in [0, 0.05) is 25.8 Å². The average Bonchev–Trinajstić information content (AvgIpc) is 2.11. The van der Waals surface area contributed by atoms with Gasteiger partial charge in [-0.2, -0.15) is 0 Å². The smallest absolute Gasteiger partial charge is 0.283 e. The fourth-order valence-corrected chi connectivity index (χ4v) is 13.6. The lowest BCUT2D eigenvalue weighted by atomic mass is 10.5. The Morgan fingerprint density at radius 1 is 1.75 bits per heavy atom. The molecule has 0 radical (unpaired) electrons. The second-order valence-corrected chi connectivity index (χ2v) is 15.5. The van der Waals surface area contributed by atoms with Crippen LogP contribution in [0, 0.1) is 0 Å². The summed E-state index contributed by atoms with van der Waals surface area (Å²) in [5.74, 6) is 0. The predicted molar refractivity (Wildman–Crippen MR) is 64.5 cm³/mol. The first-order chi connectivity index (χ1) is 5.63. The summed E-state index contributed by atoms with van der Waals surface area (Å²) in [5, 5.41) is 9.50. The van der Waals surface area contributed by atoms with E-state index in [4.69, 9.17) is 5.40 Å². The minimum atomic E-state index is -1.42. The van der Waals surface area contributed by atoms with E-state index in [0.717, 1.165) is 39.1 Å². The third-order valence-corrected chi connectivity index (χ3v) is 18.7. The van der Waals surface area contributed by atoms with Crippen molar-refractivity contribution in [2.24, 2.45) is 5.40 Å². The first-order valence-corrected chi connectivity index (χ1v) is 12.0. The number of hydrogen-bond donors (Lipinski definition) is 2. The van der Waals surface area contributed by atoms with Gasteiger partial charge in [-0.1, -0.05) is 12.6 Å². The van der Waals surface area contributed by atoms with Gasteiger partial charge in [-0.05, 0) is 13.0 Å². The lowest BCUT2D eigenvalue weighted by molar-refractivity contribution is 0.558. The summed E-state index contributed by atoms with van der Waals surface area (Å²) in [7, 11) is -0.609. The Morgan fingerprint density at radius 2 is 2.33 bits per heavy atom. The molecular weight excluding hydrogens is 216 g/mol. The lowest BCUT2D eigenvalue weighted by Gasteiger charge is -2.13. The SMILES string of the molecule is CCCNC([SiH3])[Si](=O)[SiH](N)C[SiH3]. The second-order valence-electron chi connectivity index (χ2n) is 3.09. The van der Waals surface area contributed by atoms with Crippen molar-refractivity contribution in [1.82, 2.24) is 5.32 Å². The molecule has 0 aliphatic carbocycles. The van der Waals surface area contributed by atoms with Crippen LogP contribution in [0.5, 0.6) is 0 Å². The topological polar surface area (TPSA) is 55.1 Å². The van der Waals surface area contributed by atoms with Crippen LogP contribution in [0.25, 0.3) is 0 Å². The highest BCUT2D eigenvalue weighted by molar-refractivity contribution is 7.17. The van der Waals surface area contributed by atoms with Gasteiger partial charge in [0.2, 0.25) is 0 Å². The second kappa shape index (κ2) is 7.04. The van der Waals surface area contributed by atoms with Crippen LogP contribution < -0.4 is 10.7 Å². The van der Waals surface area contributed by atoms with Crippen molar-refractivity contribution in [3.63, 3.8) is 0 Å². The van der Waals surface area contributed by atoms with Crippen LogP contribution in [0.1, 0.15) is 13.3 Å². The molecule has 2 unspecified atom stereocenters. The van der Waals surface area contributed by atoms with Gasteiger partial charge in [-0.25, -0.2) is 0 Å². The number of nitrogens with two attached hydrogens (primary N) is 1. The highest BCUT2D eigenvalue weighted by atomic mass is 29.2. The molecule has 0 saturated carbocycles. The van der Waals surface area contributed by atoms with Crippen LogP contribution in [0.3, 0.4) is 0 Å². The van der Waals surface area contributed by atoms with Crippen molar-refractivity contribution < 1.29 is 4.46 Å². The largest absolute Gasteiger partial charge is 0.390 e. The zero-order valence-corrected chi connectivity index (χ0v) is 14.4. The van der Waals surface area contributed by atoms with E-state index in [9.17, 15) is 4.46 Å². The van der Waals surface area contributed by atoms with Crippen LogP contribution in [0.15, 0.2) is 0 Å². The highest BCUT2D eigenvalue weighted by Gasteiger charge is 2.22. The van der Waals surface area contributed by atoms with E-state index in [1.54, 1.807) is 0 Å².